The van der Waals surface area contributed by atoms with E-state index >= 15 is 0 Å². The van der Waals surface area contributed by atoms with Crippen LogP contribution in [0.25, 0.3) is 0 Å². The van der Waals surface area contributed by atoms with Crippen molar-refractivity contribution in [1.29, 1.82) is 0 Å². The minimum absolute atomic E-state index is 0.0935. The molecular weight excluding hydrogens is 204 g/mol. The summed E-state index contributed by atoms with van der Waals surface area (Å²) in [5.41, 5.74) is 6.39. The molecule has 1 aliphatic rings. The first kappa shape index (κ1) is 12.9. The van der Waals surface area contributed by atoms with Crippen LogP contribution < -0.4 is 11.1 Å². The van der Waals surface area contributed by atoms with E-state index in [-0.39, 0.29) is 5.54 Å². The molecule has 0 bridgehead atoms. The van der Waals surface area contributed by atoms with Gasteiger partial charge in [-0.05, 0) is 24.5 Å². The molecule has 1 unspecified atom stereocenters. The Bertz CT molecular complexity index is 265. The molecule has 0 radical (unpaired) electrons. The Morgan fingerprint density at radius 2 is 2.13 bits per heavy atom. The molecule has 0 amide bonds. The fourth-order valence-corrected chi connectivity index (χ4v) is 3.65. The summed E-state index contributed by atoms with van der Waals surface area (Å²) in [6, 6.07) is 0. The molecule has 2 nitrogen and oxygen atoms in total. The Morgan fingerprint density at radius 3 is 2.67 bits per heavy atom. The van der Waals surface area contributed by atoms with Crippen LogP contribution in [-0.4, -0.2) is 30.1 Å². The van der Waals surface area contributed by atoms with Gasteiger partial charge in [0.25, 0.3) is 0 Å². The number of hydrogen-bond donors (Lipinski definition) is 2. The normalized spacial score (nSPS) is 29.3. The van der Waals surface area contributed by atoms with Gasteiger partial charge in [-0.3, -0.25) is 5.32 Å². The molecule has 0 aliphatic carbocycles. The van der Waals surface area contributed by atoms with Gasteiger partial charge in [0, 0.05) is 17.8 Å². The van der Waals surface area contributed by atoms with Crippen LogP contribution in [0.5, 0.6) is 0 Å². The highest BCUT2D eigenvalue weighted by Gasteiger charge is 2.38. The maximum Gasteiger partial charge on any atom is 0.0581 e. The van der Waals surface area contributed by atoms with Crippen molar-refractivity contribution in [3.8, 4) is 11.8 Å². The second-order valence-corrected chi connectivity index (χ2v) is 6.08. The zero-order chi connectivity index (χ0) is 11.4. The van der Waals surface area contributed by atoms with Crippen molar-refractivity contribution in [3.05, 3.63) is 0 Å². The van der Waals surface area contributed by atoms with E-state index in [1.54, 1.807) is 0 Å². The summed E-state index contributed by atoms with van der Waals surface area (Å²) >= 11 is 2.00. The van der Waals surface area contributed by atoms with Gasteiger partial charge in [-0.15, -0.1) is 5.92 Å². The van der Waals surface area contributed by atoms with E-state index in [0.29, 0.717) is 12.0 Å². The maximum atomic E-state index is 5.92. The third kappa shape index (κ3) is 3.71. The van der Waals surface area contributed by atoms with Crippen LogP contribution in [0.2, 0.25) is 0 Å². The molecule has 0 aromatic heterocycles. The highest BCUT2D eigenvalue weighted by atomic mass is 32.2. The summed E-state index contributed by atoms with van der Waals surface area (Å²) in [5.74, 6) is 8.31. The monoisotopic (exact) mass is 226 g/mol. The van der Waals surface area contributed by atoms with Crippen LogP contribution in [-0.2, 0) is 0 Å². The number of rotatable bonds is 3. The van der Waals surface area contributed by atoms with Crippen molar-refractivity contribution in [2.75, 3.05) is 24.6 Å². The summed E-state index contributed by atoms with van der Waals surface area (Å²) < 4.78 is 0. The third-order valence-corrected chi connectivity index (χ3v) is 4.55. The quantitative estimate of drug-likeness (QED) is 0.716. The standard InChI is InChI=1S/C12H22N2S/c1-4-5-6-14-12(8-13)7-11(2,3)9-15-10-12/h14H,6-10,13H2,1-3H3. The van der Waals surface area contributed by atoms with Crippen LogP contribution in [0.15, 0.2) is 0 Å². The van der Waals surface area contributed by atoms with Gasteiger partial charge in [0.1, 0.15) is 0 Å². The van der Waals surface area contributed by atoms with E-state index < -0.39 is 0 Å². The molecule has 15 heavy (non-hydrogen) atoms. The lowest BCUT2D eigenvalue weighted by molar-refractivity contribution is 0.235. The molecular formula is C12H22N2S. The molecule has 3 N–H and O–H groups in total. The average molecular weight is 226 g/mol. The van der Waals surface area contributed by atoms with Crippen molar-refractivity contribution in [2.24, 2.45) is 11.1 Å². The molecule has 1 atom stereocenters. The predicted octanol–water partition coefficient (Wildman–Crippen LogP) is 1.46. The molecule has 0 spiro atoms. The van der Waals surface area contributed by atoms with E-state index in [2.05, 4.69) is 31.0 Å². The van der Waals surface area contributed by atoms with Crippen molar-refractivity contribution in [3.63, 3.8) is 0 Å². The molecule has 0 aromatic carbocycles. The van der Waals surface area contributed by atoms with Crippen molar-refractivity contribution in [1.82, 2.24) is 5.32 Å². The van der Waals surface area contributed by atoms with Gasteiger partial charge in [-0.1, -0.05) is 19.8 Å². The molecule has 86 valence electrons. The number of nitrogens with two attached hydrogens (primary N) is 1. The fourth-order valence-electron chi connectivity index (χ4n) is 2.18. The summed E-state index contributed by atoms with van der Waals surface area (Å²) in [7, 11) is 0. The minimum Gasteiger partial charge on any atom is -0.329 e. The van der Waals surface area contributed by atoms with Gasteiger partial charge in [-0.2, -0.15) is 11.8 Å². The zero-order valence-electron chi connectivity index (χ0n) is 10.0. The van der Waals surface area contributed by atoms with Gasteiger partial charge >= 0.3 is 0 Å². The topological polar surface area (TPSA) is 38.0 Å². The fraction of sp³-hybridized carbons (Fsp3) is 0.833. The summed E-state index contributed by atoms with van der Waals surface area (Å²) in [5, 5.41) is 3.52. The van der Waals surface area contributed by atoms with E-state index in [4.69, 9.17) is 5.73 Å². The Labute approximate surface area is 97.8 Å². The first-order valence-corrected chi connectivity index (χ1v) is 6.62. The molecule has 3 heteroatoms. The van der Waals surface area contributed by atoms with Gasteiger partial charge < -0.3 is 5.73 Å². The minimum atomic E-state index is 0.0935. The Morgan fingerprint density at radius 1 is 1.40 bits per heavy atom. The van der Waals surface area contributed by atoms with Crippen LogP contribution >= 0.6 is 11.8 Å². The lowest BCUT2D eigenvalue weighted by atomic mass is 9.80. The second-order valence-electron chi connectivity index (χ2n) is 5.10. The zero-order valence-corrected chi connectivity index (χ0v) is 10.8. The first-order valence-electron chi connectivity index (χ1n) is 5.46. The van der Waals surface area contributed by atoms with E-state index in [1.807, 2.05) is 18.7 Å². The summed E-state index contributed by atoms with van der Waals surface area (Å²) in [6.07, 6.45) is 1.15. The number of nitrogens with one attached hydrogen (secondary N) is 1. The van der Waals surface area contributed by atoms with Crippen molar-refractivity contribution >= 4 is 11.8 Å². The van der Waals surface area contributed by atoms with E-state index in [1.165, 1.54) is 5.75 Å². The first-order chi connectivity index (χ1) is 7.04. The highest BCUT2D eigenvalue weighted by molar-refractivity contribution is 7.99. The van der Waals surface area contributed by atoms with Crippen LogP contribution in [0.3, 0.4) is 0 Å². The Kier molecular flexibility index (Phi) is 4.51. The van der Waals surface area contributed by atoms with Gasteiger partial charge in [0.15, 0.2) is 0 Å². The third-order valence-electron chi connectivity index (χ3n) is 2.81. The summed E-state index contributed by atoms with van der Waals surface area (Å²) in [6.45, 7) is 7.96. The Hall–Kier alpha value is -0.170. The van der Waals surface area contributed by atoms with E-state index in [9.17, 15) is 0 Å². The summed E-state index contributed by atoms with van der Waals surface area (Å²) in [4.78, 5) is 0. The molecule has 0 saturated carbocycles. The van der Waals surface area contributed by atoms with Gasteiger partial charge in [0.05, 0.1) is 6.54 Å². The highest BCUT2D eigenvalue weighted by Crippen LogP contribution is 2.38. The lowest BCUT2D eigenvalue weighted by Gasteiger charge is -2.44. The van der Waals surface area contributed by atoms with Crippen LogP contribution in [0, 0.1) is 17.3 Å². The largest absolute Gasteiger partial charge is 0.329 e. The Balaban J connectivity index is 2.61. The van der Waals surface area contributed by atoms with E-state index in [0.717, 1.165) is 18.7 Å². The molecule has 1 fully saturated rings. The van der Waals surface area contributed by atoms with Crippen LogP contribution in [0.1, 0.15) is 27.2 Å². The van der Waals surface area contributed by atoms with Gasteiger partial charge in [-0.25, -0.2) is 0 Å². The van der Waals surface area contributed by atoms with Crippen molar-refractivity contribution < 1.29 is 0 Å². The van der Waals surface area contributed by atoms with Crippen LogP contribution in [0.4, 0.5) is 0 Å². The molecule has 0 aromatic rings. The van der Waals surface area contributed by atoms with Gasteiger partial charge in [0.2, 0.25) is 0 Å². The smallest absolute Gasteiger partial charge is 0.0581 e. The predicted molar refractivity (Wildman–Crippen MR) is 69.0 cm³/mol. The lowest BCUT2D eigenvalue weighted by Crippen LogP contribution is -2.58. The average Bonchev–Trinajstić information content (AvgIpc) is 2.17. The SMILES string of the molecule is CC#CCNC1(CN)CSCC(C)(C)C1. The maximum absolute atomic E-state index is 5.92. The molecule has 1 rings (SSSR count). The number of thioether (sulfide) groups is 1. The molecule has 1 heterocycles. The molecule has 1 saturated heterocycles. The molecule has 1 aliphatic heterocycles. The van der Waals surface area contributed by atoms with Crippen molar-refractivity contribution in [2.45, 2.75) is 32.7 Å². The second kappa shape index (κ2) is 5.25. The number of hydrogen-bond acceptors (Lipinski definition) is 3.